The van der Waals surface area contributed by atoms with Gasteiger partial charge in [-0.25, -0.2) is 9.97 Å². The molecule has 0 saturated carbocycles. The SMILES string of the molecule is COc1ccc(C)cc1-c1nc(N)ncc1[N+](=O)[O-]. The summed E-state index contributed by atoms with van der Waals surface area (Å²) in [6, 6.07) is 5.33. The zero-order valence-electron chi connectivity index (χ0n) is 10.5. The number of anilines is 1. The van der Waals surface area contributed by atoms with Crippen molar-refractivity contribution in [2.75, 3.05) is 12.8 Å². The van der Waals surface area contributed by atoms with Crippen molar-refractivity contribution in [1.29, 1.82) is 0 Å². The van der Waals surface area contributed by atoms with Crippen molar-refractivity contribution in [2.45, 2.75) is 6.92 Å². The molecule has 0 fully saturated rings. The summed E-state index contributed by atoms with van der Waals surface area (Å²) >= 11 is 0. The van der Waals surface area contributed by atoms with Gasteiger partial charge in [-0.1, -0.05) is 11.6 Å². The van der Waals surface area contributed by atoms with Crippen LogP contribution in [0, 0.1) is 17.0 Å². The van der Waals surface area contributed by atoms with E-state index < -0.39 is 4.92 Å². The van der Waals surface area contributed by atoms with E-state index in [0.717, 1.165) is 11.8 Å². The smallest absolute Gasteiger partial charge is 0.313 e. The Bertz CT molecular complexity index is 643. The molecule has 0 spiro atoms. The standard InChI is InChI=1S/C12H12N4O3/c1-7-3-4-10(19-2)8(5-7)11-9(16(17)18)6-14-12(13)15-11/h3-6H,1-2H3,(H2,13,14,15). The molecule has 2 rings (SSSR count). The first-order chi connectivity index (χ1) is 9.02. The van der Waals surface area contributed by atoms with E-state index in [9.17, 15) is 10.1 Å². The zero-order valence-corrected chi connectivity index (χ0v) is 10.5. The van der Waals surface area contributed by atoms with Gasteiger partial charge < -0.3 is 10.5 Å². The number of nitro groups is 1. The fraction of sp³-hybridized carbons (Fsp3) is 0.167. The van der Waals surface area contributed by atoms with Gasteiger partial charge in [-0.15, -0.1) is 0 Å². The lowest BCUT2D eigenvalue weighted by Gasteiger charge is -2.09. The predicted octanol–water partition coefficient (Wildman–Crippen LogP) is 1.95. The van der Waals surface area contributed by atoms with Gasteiger partial charge in [-0.2, -0.15) is 0 Å². The summed E-state index contributed by atoms with van der Waals surface area (Å²) in [5, 5.41) is 11.0. The van der Waals surface area contributed by atoms with Gasteiger partial charge in [0.1, 0.15) is 11.9 Å². The van der Waals surface area contributed by atoms with E-state index in [1.54, 1.807) is 12.1 Å². The summed E-state index contributed by atoms with van der Waals surface area (Å²) in [5.41, 5.74) is 6.90. The number of hydrogen-bond acceptors (Lipinski definition) is 6. The third-order valence-corrected chi connectivity index (χ3v) is 2.59. The Hall–Kier alpha value is -2.70. The maximum Gasteiger partial charge on any atom is 0.313 e. The summed E-state index contributed by atoms with van der Waals surface area (Å²) in [7, 11) is 1.49. The van der Waals surface area contributed by atoms with E-state index in [2.05, 4.69) is 9.97 Å². The van der Waals surface area contributed by atoms with Gasteiger partial charge in [0.25, 0.3) is 0 Å². The Kier molecular flexibility index (Phi) is 3.28. The van der Waals surface area contributed by atoms with Crippen LogP contribution in [0.25, 0.3) is 11.3 Å². The molecule has 98 valence electrons. The third kappa shape index (κ3) is 2.44. The molecule has 7 nitrogen and oxygen atoms in total. The maximum atomic E-state index is 11.0. The van der Waals surface area contributed by atoms with Crippen LogP contribution in [0.5, 0.6) is 5.75 Å². The van der Waals surface area contributed by atoms with E-state index in [1.807, 2.05) is 13.0 Å². The van der Waals surface area contributed by atoms with Crippen LogP contribution in [0.4, 0.5) is 11.6 Å². The van der Waals surface area contributed by atoms with Crippen molar-refractivity contribution in [1.82, 2.24) is 9.97 Å². The summed E-state index contributed by atoms with van der Waals surface area (Å²) in [6.45, 7) is 1.87. The Morgan fingerprint density at radius 2 is 2.16 bits per heavy atom. The fourth-order valence-corrected chi connectivity index (χ4v) is 1.73. The number of nitrogens with zero attached hydrogens (tertiary/aromatic N) is 3. The van der Waals surface area contributed by atoms with E-state index in [0.29, 0.717) is 11.3 Å². The minimum atomic E-state index is -0.545. The summed E-state index contributed by atoms with van der Waals surface area (Å²) < 4.78 is 5.21. The van der Waals surface area contributed by atoms with Crippen molar-refractivity contribution in [3.8, 4) is 17.0 Å². The number of benzene rings is 1. The highest BCUT2D eigenvalue weighted by Crippen LogP contribution is 2.35. The zero-order chi connectivity index (χ0) is 14.0. The van der Waals surface area contributed by atoms with Gasteiger partial charge in [-0.3, -0.25) is 10.1 Å². The van der Waals surface area contributed by atoms with Crippen LogP contribution >= 0.6 is 0 Å². The molecule has 1 heterocycles. The Labute approximate surface area is 109 Å². The minimum absolute atomic E-state index is 0.0239. The molecule has 1 aromatic heterocycles. The Morgan fingerprint density at radius 1 is 1.42 bits per heavy atom. The Morgan fingerprint density at radius 3 is 2.79 bits per heavy atom. The highest BCUT2D eigenvalue weighted by molar-refractivity contribution is 5.75. The highest BCUT2D eigenvalue weighted by Gasteiger charge is 2.21. The van der Waals surface area contributed by atoms with E-state index in [1.165, 1.54) is 7.11 Å². The molecule has 0 bridgehead atoms. The quantitative estimate of drug-likeness (QED) is 0.668. The average Bonchev–Trinajstić information content (AvgIpc) is 2.38. The van der Waals surface area contributed by atoms with Gasteiger partial charge in [0.15, 0.2) is 5.69 Å². The van der Waals surface area contributed by atoms with Crippen LogP contribution in [-0.4, -0.2) is 22.0 Å². The van der Waals surface area contributed by atoms with Crippen LogP contribution in [0.2, 0.25) is 0 Å². The van der Waals surface area contributed by atoms with Crippen molar-refractivity contribution in [2.24, 2.45) is 0 Å². The number of aromatic nitrogens is 2. The van der Waals surface area contributed by atoms with Gasteiger partial charge in [0.2, 0.25) is 5.95 Å². The number of nitrogen functional groups attached to an aromatic ring is 1. The van der Waals surface area contributed by atoms with Crippen molar-refractivity contribution < 1.29 is 9.66 Å². The monoisotopic (exact) mass is 260 g/mol. The number of nitrogens with two attached hydrogens (primary N) is 1. The second kappa shape index (κ2) is 4.89. The fourth-order valence-electron chi connectivity index (χ4n) is 1.73. The van der Waals surface area contributed by atoms with Crippen LogP contribution < -0.4 is 10.5 Å². The molecule has 0 aliphatic rings. The van der Waals surface area contributed by atoms with Gasteiger partial charge in [-0.05, 0) is 19.1 Å². The molecular formula is C12H12N4O3. The summed E-state index contributed by atoms with van der Waals surface area (Å²) in [5.74, 6) is 0.468. The molecule has 7 heteroatoms. The molecule has 1 aromatic carbocycles. The molecule has 0 atom stereocenters. The molecule has 0 radical (unpaired) electrons. The van der Waals surface area contributed by atoms with Crippen LogP contribution in [-0.2, 0) is 0 Å². The summed E-state index contributed by atoms with van der Waals surface area (Å²) in [6.07, 6.45) is 1.10. The second-order valence-corrected chi connectivity index (χ2v) is 3.92. The second-order valence-electron chi connectivity index (χ2n) is 3.92. The minimum Gasteiger partial charge on any atom is -0.496 e. The third-order valence-electron chi connectivity index (χ3n) is 2.59. The largest absolute Gasteiger partial charge is 0.496 e. The maximum absolute atomic E-state index is 11.0. The first-order valence-electron chi connectivity index (χ1n) is 5.45. The molecule has 2 aromatic rings. The molecular weight excluding hydrogens is 248 g/mol. The lowest BCUT2D eigenvalue weighted by atomic mass is 10.1. The molecule has 19 heavy (non-hydrogen) atoms. The molecule has 0 saturated heterocycles. The number of rotatable bonds is 3. The molecule has 0 aliphatic carbocycles. The molecule has 0 aliphatic heterocycles. The normalized spacial score (nSPS) is 10.2. The highest BCUT2D eigenvalue weighted by atomic mass is 16.6. The lowest BCUT2D eigenvalue weighted by molar-refractivity contribution is -0.384. The average molecular weight is 260 g/mol. The van der Waals surface area contributed by atoms with Gasteiger partial charge >= 0.3 is 5.69 Å². The summed E-state index contributed by atoms with van der Waals surface area (Å²) in [4.78, 5) is 18.1. The topological polar surface area (TPSA) is 104 Å². The van der Waals surface area contributed by atoms with E-state index in [-0.39, 0.29) is 17.3 Å². The van der Waals surface area contributed by atoms with Crippen molar-refractivity contribution in [3.05, 3.63) is 40.1 Å². The molecule has 0 unspecified atom stereocenters. The van der Waals surface area contributed by atoms with Crippen LogP contribution in [0.1, 0.15) is 5.56 Å². The van der Waals surface area contributed by atoms with Crippen molar-refractivity contribution in [3.63, 3.8) is 0 Å². The molecule has 0 amide bonds. The predicted molar refractivity (Wildman–Crippen MR) is 69.8 cm³/mol. The van der Waals surface area contributed by atoms with Crippen LogP contribution in [0.15, 0.2) is 24.4 Å². The Balaban J connectivity index is 2.73. The van der Waals surface area contributed by atoms with Gasteiger partial charge in [0, 0.05) is 5.56 Å². The number of hydrogen-bond donors (Lipinski definition) is 1. The molecule has 2 N–H and O–H groups in total. The first-order valence-corrected chi connectivity index (χ1v) is 5.45. The van der Waals surface area contributed by atoms with E-state index in [4.69, 9.17) is 10.5 Å². The van der Waals surface area contributed by atoms with Gasteiger partial charge in [0.05, 0.1) is 12.0 Å². The lowest BCUT2D eigenvalue weighted by Crippen LogP contribution is -2.02. The van der Waals surface area contributed by atoms with Crippen molar-refractivity contribution >= 4 is 11.6 Å². The number of aryl methyl sites for hydroxylation is 1. The first kappa shape index (κ1) is 12.7. The number of ether oxygens (including phenoxy) is 1. The van der Waals surface area contributed by atoms with E-state index >= 15 is 0 Å². The number of methoxy groups -OCH3 is 1. The van der Waals surface area contributed by atoms with Crippen LogP contribution in [0.3, 0.4) is 0 Å².